The van der Waals surface area contributed by atoms with E-state index in [1.54, 1.807) is 38.4 Å². The highest BCUT2D eigenvalue weighted by molar-refractivity contribution is 5.96. The first kappa shape index (κ1) is 16.5. The molecule has 2 aromatic rings. The van der Waals surface area contributed by atoms with E-state index in [0.29, 0.717) is 17.9 Å². The highest BCUT2D eigenvalue weighted by Crippen LogP contribution is 2.14. The number of nitrogens with one attached hydrogen (secondary N) is 1. The van der Waals surface area contributed by atoms with Crippen LogP contribution in [-0.2, 0) is 11.4 Å². The summed E-state index contributed by atoms with van der Waals surface area (Å²) in [6.45, 7) is 0.460. The zero-order chi connectivity index (χ0) is 16.7. The Labute approximate surface area is 135 Å². The summed E-state index contributed by atoms with van der Waals surface area (Å²) in [5.74, 6) is 0.255. The fourth-order valence-electron chi connectivity index (χ4n) is 1.86. The molecule has 0 fully saturated rings. The van der Waals surface area contributed by atoms with Gasteiger partial charge in [-0.3, -0.25) is 9.59 Å². The maximum absolute atomic E-state index is 11.9. The van der Waals surface area contributed by atoms with Gasteiger partial charge in [0.25, 0.3) is 5.91 Å². The summed E-state index contributed by atoms with van der Waals surface area (Å²) in [5, 5.41) is 2.59. The highest BCUT2D eigenvalue weighted by atomic mass is 16.5. The molecule has 0 aliphatic carbocycles. The molecule has 0 aliphatic heterocycles. The molecule has 5 heteroatoms. The fraction of sp³-hybridized carbons (Fsp3) is 0.222. The van der Waals surface area contributed by atoms with E-state index >= 15 is 0 Å². The third kappa shape index (κ3) is 5.14. The number of rotatable bonds is 6. The maximum Gasteiger partial charge on any atom is 0.251 e. The summed E-state index contributed by atoms with van der Waals surface area (Å²) in [5.41, 5.74) is 1.57. The van der Waals surface area contributed by atoms with Crippen LogP contribution in [0.25, 0.3) is 0 Å². The van der Waals surface area contributed by atoms with Gasteiger partial charge < -0.3 is 15.0 Å². The standard InChI is InChI=1S/C18H20N2O3/c1-20(2)17(21)12-19-18(22)15-8-10-16(11-9-15)23-13-14-6-4-3-5-7-14/h3-11H,12-13H2,1-2H3,(H,19,22). The maximum atomic E-state index is 11.9. The van der Waals surface area contributed by atoms with Gasteiger partial charge in [0, 0.05) is 19.7 Å². The normalized spacial score (nSPS) is 10.0. The van der Waals surface area contributed by atoms with E-state index < -0.39 is 0 Å². The van der Waals surface area contributed by atoms with Crippen LogP contribution in [0.3, 0.4) is 0 Å². The van der Waals surface area contributed by atoms with Gasteiger partial charge in [0.15, 0.2) is 0 Å². The molecule has 0 saturated heterocycles. The van der Waals surface area contributed by atoms with Crippen LogP contribution >= 0.6 is 0 Å². The number of hydrogen-bond donors (Lipinski definition) is 1. The van der Waals surface area contributed by atoms with Crippen molar-refractivity contribution in [2.45, 2.75) is 6.61 Å². The van der Waals surface area contributed by atoms with E-state index in [4.69, 9.17) is 4.74 Å². The number of benzene rings is 2. The Balaban J connectivity index is 1.86. The van der Waals surface area contributed by atoms with E-state index in [2.05, 4.69) is 5.32 Å². The van der Waals surface area contributed by atoms with Crippen molar-refractivity contribution in [2.75, 3.05) is 20.6 Å². The van der Waals surface area contributed by atoms with Crippen LogP contribution in [0.15, 0.2) is 54.6 Å². The minimum absolute atomic E-state index is 0.0158. The summed E-state index contributed by atoms with van der Waals surface area (Å²) in [6.07, 6.45) is 0. The molecule has 0 aromatic heterocycles. The number of carbonyl (C=O) groups is 2. The monoisotopic (exact) mass is 312 g/mol. The second-order valence-corrected chi connectivity index (χ2v) is 5.27. The zero-order valence-electron chi connectivity index (χ0n) is 13.3. The van der Waals surface area contributed by atoms with Gasteiger partial charge in [-0.2, -0.15) is 0 Å². The summed E-state index contributed by atoms with van der Waals surface area (Å²) in [7, 11) is 3.29. The van der Waals surface area contributed by atoms with Crippen molar-refractivity contribution in [2.24, 2.45) is 0 Å². The van der Waals surface area contributed by atoms with Gasteiger partial charge in [-0.15, -0.1) is 0 Å². The van der Waals surface area contributed by atoms with Crippen LogP contribution < -0.4 is 10.1 Å². The Morgan fingerprint density at radius 3 is 2.26 bits per heavy atom. The number of ether oxygens (including phenoxy) is 1. The molecule has 0 unspecified atom stereocenters. The first-order valence-corrected chi connectivity index (χ1v) is 7.31. The molecule has 0 atom stereocenters. The molecular formula is C18H20N2O3. The second-order valence-electron chi connectivity index (χ2n) is 5.27. The van der Waals surface area contributed by atoms with Gasteiger partial charge in [-0.1, -0.05) is 30.3 Å². The summed E-state index contributed by atoms with van der Waals surface area (Å²) >= 11 is 0. The van der Waals surface area contributed by atoms with Gasteiger partial charge in [-0.05, 0) is 29.8 Å². The molecule has 0 heterocycles. The third-order valence-corrected chi connectivity index (χ3v) is 3.26. The molecule has 0 saturated carbocycles. The Morgan fingerprint density at radius 2 is 1.65 bits per heavy atom. The van der Waals surface area contributed by atoms with E-state index in [1.807, 2.05) is 30.3 Å². The number of amides is 2. The zero-order valence-corrected chi connectivity index (χ0v) is 13.3. The van der Waals surface area contributed by atoms with E-state index in [-0.39, 0.29) is 18.4 Å². The van der Waals surface area contributed by atoms with E-state index in [0.717, 1.165) is 5.56 Å². The molecule has 2 amide bonds. The first-order valence-electron chi connectivity index (χ1n) is 7.31. The van der Waals surface area contributed by atoms with Crippen molar-refractivity contribution in [3.05, 3.63) is 65.7 Å². The van der Waals surface area contributed by atoms with Gasteiger partial charge in [0.2, 0.25) is 5.91 Å². The van der Waals surface area contributed by atoms with Crippen LogP contribution in [0.1, 0.15) is 15.9 Å². The number of nitrogens with zero attached hydrogens (tertiary/aromatic N) is 1. The molecule has 1 N–H and O–H groups in total. The van der Waals surface area contributed by atoms with Crippen LogP contribution in [0.4, 0.5) is 0 Å². The van der Waals surface area contributed by atoms with Crippen LogP contribution in [0.5, 0.6) is 5.75 Å². The molecule has 0 spiro atoms. The lowest BCUT2D eigenvalue weighted by Gasteiger charge is -2.11. The lowest BCUT2D eigenvalue weighted by Crippen LogP contribution is -2.36. The SMILES string of the molecule is CN(C)C(=O)CNC(=O)c1ccc(OCc2ccccc2)cc1. The summed E-state index contributed by atoms with van der Waals surface area (Å²) in [4.78, 5) is 24.8. The smallest absolute Gasteiger partial charge is 0.251 e. The molecule has 23 heavy (non-hydrogen) atoms. The lowest BCUT2D eigenvalue weighted by atomic mass is 10.2. The predicted molar refractivity (Wildman–Crippen MR) is 88.2 cm³/mol. The Morgan fingerprint density at radius 1 is 1.00 bits per heavy atom. The summed E-state index contributed by atoms with van der Waals surface area (Å²) < 4.78 is 5.66. The lowest BCUT2D eigenvalue weighted by molar-refractivity contribution is -0.127. The Hall–Kier alpha value is -2.82. The Bertz CT molecular complexity index is 652. The van der Waals surface area contributed by atoms with Crippen molar-refractivity contribution in [1.82, 2.24) is 10.2 Å². The van der Waals surface area contributed by atoms with Crippen molar-refractivity contribution in [3.8, 4) is 5.75 Å². The van der Waals surface area contributed by atoms with Crippen molar-refractivity contribution in [1.29, 1.82) is 0 Å². The minimum atomic E-state index is -0.283. The molecular weight excluding hydrogens is 292 g/mol. The number of carbonyl (C=O) groups excluding carboxylic acids is 2. The summed E-state index contributed by atoms with van der Waals surface area (Å²) in [6, 6.07) is 16.7. The molecule has 2 aromatic carbocycles. The first-order chi connectivity index (χ1) is 11.1. The second kappa shape index (κ2) is 7.98. The molecule has 0 radical (unpaired) electrons. The quantitative estimate of drug-likeness (QED) is 0.888. The number of likely N-dealkylation sites (N-methyl/N-ethyl adjacent to an activating group) is 1. The molecule has 2 rings (SSSR count). The topological polar surface area (TPSA) is 58.6 Å². The van der Waals surface area contributed by atoms with E-state index in [9.17, 15) is 9.59 Å². The third-order valence-electron chi connectivity index (χ3n) is 3.26. The van der Waals surface area contributed by atoms with Crippen LogP contribution in [-0.4, -0.2) is 37.4 Å². The van der Waals surface area contributed by atoms with Crippen molar-refractivity contribution < 1.29 is 14.3 Å². The van der Waals surface area contributed by atoms with Gasteiger partial charge in [0.1, 0.15) is 12.4 Å². The van der Waals surface area contributed by atoms with Crippen LogP contribution in [0.2, 0.25) is 0 Å². The largest absolute Gasteiger partial charge is 0.489 e. The van der Waals surface area contributed by atoms with Crippen molar-refractivity contribution >= 4 is 11.8 Å². The molecule has 5 nitrogen and oxygen atoms in total. The van der Waals surface area contributed by atoms with Crippen LogP contribution in [0, 0.1) is 0 Å². The van der Waals surface area contributed by atoms with Gasteiger partial charge in [-0.25, -0.2) is 0 Å². The fourth-order valence-corrected chi connectivity index (χ4v) is 1.86. The highest BCUT2D eigenvalue weighted by Gasteiger charge is 2.09. The average Bonchev–Trinajstić information content (AvgIpc) is 2.58. The molecule has 120 valence electrons. The molecule has 0 aliphatic rings. The van der Waals surface area contributed by atoms with E-state index in [1.165, 1.54) is 4.90 Å². The van der Waals surface area contributed by atoms with Gasteiger partial charge >= 0.3 is 0 Å². The van der Waals surface area contributed by atoms with Gasteiger partial charge in [0.05, 0.1) is 6.54 Å². The molecule has 0 bridgehead atoms. The predicted octanol–water partition coefficient (Wildman–Crippen LogP) is 2.08. The van der Waals surface area contributed by atoms with Crippen molar-refractivity contribution in [3.63, 3.8) is 0 Å². The minimum Gasteiger partial charge on any atom is -0.489 e. The Kier molecular flexibility index (Phi) is 5.74. The average molecular weight is 312 g/mol. The number of hydrogen-bond acceptors (Lipinski definition) is 3.